The summed E-state index contributed by atoms with van der Waals surface area (Å²) in [5.41, 5.74) is 2.26. The smallest absolute Gasteiger partial charge is 0.159 e. The third kappa shape index (κ3) is 3.31. The zero-order valence-corrected chi connectivity index (χ0v) is 15.0. The number of methoxy groups -OCH3 is 1. The third-order valence-electron chi connectivity index (χ3n) is 4.22. The van der Waals surface area contributed by atoms with Gasteiger partial charge in [-0.25, -0.2) is 14.4 Å². The van der Waals surface area contributed by atoms with Crippen LogP contribution >= 0.6 is 0 Å². The van der Waals surface area contributed by atoms with E-state index in [2.05, 4.69) is 20.3 Å². The second kappa shape index (κ2) is 7.03. The fourth-order valence-electron chi connectivity index (χ4n) is 2.94. The predicted octanol–water partition coefficient (Wildman–Crippen LogP) is 4.27. The van der Waals surface area contributed by atoms with Crippen molar-refractivity contribution in [3.8, 4) is 11.6 Å². The summed E-state index contributed by atoms with van der Waals surface area (Å²) in [6, 6.07) is 12.1. The number of nitrogens with zero attached hydrogens (tertiary/aromatic N) is 4. The highest BCUT2D eigenvalue weighted by Crippen LogP contribution is 2.23. The molecule has 0 saturated carbocycles. The number of aryl methyl sites for hydroxylation is 1. The monoisotopic (exact) mass is 363 g/mol. The fourth-order valence-corrected chi connectivity index (χ4v) is 2.94. The van der Waals surface area contributed by atoms with Crippen molar-refractivity contribution in [2.75, 3.05) is 12.4 Å². The minimum absolute atomic E-state index is 0.313. The van der Waals surface area contributed by atoms with Gasteiger partial charge in [-0.2, -0.15) is 0 Å². The lowest BCUT2D eigenvalue weighted by molar-refractivity contribution is 0.415. The Kier molecular flexibility index (Phi) is 4.42. The van der Waals surface area contributed by atoms with Gasteiger partial charge in [-0.05, 0) is 36.4 Å². The van der Waals surface area contributed by atoms with E-state index in [9.17, 15) is 4.39 Å². The molecule has 4 aromatic rings. The molecule has 2 aromatic carbocycles. The summed E-state index contributed by atoms with van der Waals surface area (Å²) in [6.07, 6.45) is 3.97. The summed E-state index contributed by atoms with van der Waals surface area (Å²) in [5.74, 6) is 2.43. The lowest BCUT2D eigenvalue weighted by Crippen LogP contribution is -2.05. The quantitative estimate of drug-likeness (QED) is 0.574. The second-order valence-corrected chi connectivity index (χ2v) is 5.97. The van der Waals surface area contributed by atoms with E-state index < -0.39 is 0 Å². The normalized spacial score (nSPS) is 10.9. The van der Waals surface area contributed by atoms with Crippen molar-refractivity contribution in [2.24, 2.45) is 0 Å². The Morgan fingerprint density at radius 1 is 1.07 bits per heavy atom. The van der Waals surface area contributed by atoms with Crippen molar-refractivity contribution < 1.29 is 9.13 Å². The first-order chi connectivity index (χ1) is 13.2. The molecule has 0 radical (unpaired) electrons. The number of halogens is 1. The largest absolute Gasteiger partial charge is 0.497 e. The molecular formula is C20H18FN5O. The van der Waals surface area contributed by atoms with Crippen LogP contribution in [0.5, 0.6) is 5.75 Å². The van der Waals surface area contributed by atoms with Crippen LogP contribution in [0.4, 0.5) is 15.9 Å². The lowest BCUT2D eigenvalue weighted by Gasteiger charge is -2.10. The number of anilines is 2. The first-order valence-electron chi connectivity index (χ1n) is 8.58. The van der Waals surface area contributed by atoms with Gasteiger partial charge in [0.15, 0.2) is 11.6 Å². The molecule has 0 bridgehead atoms. The molecule has 0 spiro atoms. The van der Waals surface area contributed by atoms with Crippen LogP contribution in [0.1, 0.15) is 12.7 Å². The second-order valence-electron chi connectivity index (χ2n) is 5.97. The fraction of sp³-hybridized carbons (Fsp3) is 0.150. The maximum atomic E-state index is 13.8. The Morgan fingerprint density at radius 3 is 2.63 bits per heavy atom. The average molecular weight is 363 g/mol. The molecule has 0 aliphatic rings. The Bertz CT molecular complexity index is 1090. The Balaban J connectivity index is 1.74. The highest BCUT2D eigenvalue weighted by atomic mass is 19.1. The van der Waals surface area contributed by atoms with E-state index in [4.69, 9.17) is 4.74 Å². The summed E-state index contributed by atoms with van der Waals surface area (Å²) in [5, 5.41) is 3.22. The van der Waals surface area contributed by atoms with Crippen LogP contribution in [0.2, 0.25) is 0 Å². The molecule has 0 aliphatic carbocycles. The number of rotatable bonds is 5. The predicted molar refractivity (Wildman–Crippen MR) is 102 cm³/mol. The van der Waals surface area contributed by atoms with Crippen LogP contribution in [-0.2, 0) is 6.42 Å². The van der Waals surface area contributed by atoms with Crippen molar-refractivity contribution in [1.29, 1.82) is 0 Å². The number of benzene rings is 2. The highest BCUT2D eigenvalue weighted by Gasteiger charge is 2.14. The molecule has 0 saturated heterocycles. The van der Waals surface area contributed by atoms with Crippen LogP contribution in [-0.4, -0.2) is 26.6 Å². The van der Waals surface area contributed by atoms with Gasteiger partial charge in [0.25, 0.3) is 0 Å². The zero-order valence-electron chi connectivity index (χ0n) is 15.0. The SMILES string of the molecule is CCc1nc2ccc(F)cc2n1-c1cncc(Nc2ccc(OC)cc2)n1. The topological polar surface area (TPSA) is 64.9 Å². The van der Waals surface area contributed by atoms with Gasteiger partial charge in [0.2, 0.25) is 0 Å². The standard InChI is InChI=1S/C20H18FN5O/c1-3-19-24-16-9-4-13(21)10-17(16)26(19)20-12-22-11-18(25-20)23-14-5-7-15(27-2)8-6-14/h4-12H,3H2,1-2H3,(H,23,25). The number of nitrogens with one attached hydrogen (secondary N) is 1. The van der Waals surface area contributed by atoms with Gasteiger partial charge in [-0.15, -0.1) is 0 Å². The van der Waals surface area contributed by atoms with E-state index >= 15 is 0 Å². The molecule has 7 heteroatoms. The van der Waals surface area contributed by atoms with E-state index in [1.54, 1.807) is 25.6 Å². The molecule has 0 atom stereocenters. The number of imidazole rings is 1. The van der Waals surface area contributed by atoms with E-state index in [1.807, 2.05) is 35.8 Å². The molecule has 1 N–H and O–H groups in total. The molecule has 4 rings (SSSR count). The summed E-state index contributed by atoms with van der Waals surface area (Å²) < 4.78 is 20.8. The average Bonchev–Trinajstić information content (AvgIpc) is 3.06. The molecule has 2 heterocycles. The molecule has 136 valence electrons. The molecule has 0 amide bonds. The van der Waals surface area contributed by atoms with E-state index in [1.165, 1.54) is 12.1 Å². The molecular weight excluding hydrogens is 345 g/mol. The Morgan fingerprint density at radius 2 is 1.89 bits per heavy atom. The van der Waals surface area contributed by atoms with Gasteiger partial charge in [0.05, 0.1) is 30.5 Å². The maximum absolute atomic E-state index is 13.8. The summed E-state index contributed by atoms with van der Waals surface area (Å²) in [4.78, 5) is 13.5. The number of ether oxygens (including phenoxy) is 1. The minimum Gasteiger partial charge on any atom is -0.497 e. The van der Waals surface area contributed by atoms with Gasteiger partial charge in [0, 0.05) is 18.2 Å². The van der Waals surface area contributed by atoms with Gasteiger partial charge >= 0.3 is 0 Å². The molecule has 0 unspecified atom stereocenters. The van der Waals surface area contributed by atoms with Crippen LogP contribution < -0.4 is 10.1 Å². The first kappa shape index (κ1) is 17.0. The van der Waals surface area contributed by atoms with Gasteiger partial charge < -0.3 is 10.1 Å². The van der Waals surface area contributed by atoms with E-state index in [0.717, 1.165) is 22.8 Å². The first-order valence-corrected chi connectivity index (χ1v) is 8.58. The van der Waals surface area contributed by atoms with Crippen molar-refractivity contribution in [2.45, 2.75) is 13.3 Å². The number of fused-ring (bicyclic) bond motifs is 1. The van der Waals surface area contributed by atoms with Crippen molar-refractivity contribution in [3.05, 3.63) is 66.5 Å². The Hall–Kier alpha value is -3.48. The number of hydrogen-bond acceptors (Lipinski definition) is 5. The molecule has 6 nitrogen and oxygen atoms in total. The zero-order chi connectivity index (χ0) is 18.8. The Labute approximate surface area is 155 Å². The van der Waals surface area contributed by atoms with Crippen LogP contribution in [0.25, 0.3) is 16.9 Å². The lowest BCUT2D eigenvalue weighted by atomic mass is 10.3. The van der Waals surface area contributed by atoms with Crippen LogP contribution in [0.3, 0.4) is 0 Å². The maximum Gasteiger partial charge on any atom is 0.159 e. The van der Waals surface area contributed by atoms with Crippen molar-refractivity contribution in [1.82, 2.24) is 19.5 Å². The van der Waals surface area contributed by atoms with Gasteiger partial charge in [-0.3, -0.25) is 9.55 Å². The number of hydrogen-bond donors (Lipinski definition) is 1. The van der Waals surface area contributed by atoms with E-state index in [-0.39, 0.29) is 5.82 Å². The molecule has 0 aliphatic heterocycles. The highest BCUT2D eigenvalue weighted by molar-refractivity contribution is 5.78. The summed E-state index contributed by atoms with van der Waals surface area (Å²) in [7, 11) is 1.63. The molecule has 27 heavy (non-hydrogen) atoms. The van der Waals surface area contributed by atoms with Gasteiger partial charge in [0.1, 0.15) is 17.4 Å². The molecule has 0 fully saturated rings. The number of aromatic nitrogens is 4. The van der Waals surface area contributed by atoms with Crippen LogP contribution in [0, 0.1) is 5.82 Å². The molecule has 2 aromatic heterocycles. The van der Waals surface area contributed by atoms with Crippen molar-refractivity contribution in [3.63, 3.8) is 0 Å². The summed E-state index contributed by atoms with van der Waals surface area (Å²) >= 11 is 0. The summed E-state index contributed by atoms with van der Waals surface area (Å²) in [6.45, 7) is 2.00. The van der Waals surface area contributed by atoms with E-state index in [0.29, 0.717) is 23.6 Å². The van der Waals surface area contributed by atoms with Crippen LogP contribution in [0.15, 0.2) is 54.9 Å². The minimum atomic E-state index is -0.313. The van der Waals surface area contributed by atoms with Crippen molar-refractivity contribution >= 4 is 22.5 Å². The van der Waals surface area contributed by atoms with Gasteiger partial charge in [-0.1, -0.05) is 6.92 Å². The third-order valence-corrected chi connectivity index (χ3v) is 4.22.